The molecular formula is C48H42N3O9P3. The summed E-state index contributed by atoms with van der Waals surface area (Å²) in [6.45, 7) is 0.342. The van der Waals surface area contributed by atoms with E-state index in [1.165, 1.54) is 0 Å². The third-order valence-electron chi connectivity index (χ3n) is 11.1. The van der Waals surface area contributed by atoms with Gasteiger partial charge >= 0.3 is 18.0 Å². The van der Waals surface area contributed by atoms with Crippen LogP contribution in [-0.4, -0.2) is 53.3 Å². The Bertz CT molecular complexity index is 2670. The number of para-hydroxylation sites is 3. The van der Waals surface area contributed by atoms with Gasteiger partial charge in [0.2, 0.25) is 0 Å². The molecule has 6 aromatic carbocycles. The van der Waals surface area contributed by atoms with E-state index < -0.39 is 22.1 Å². The second-order valence-electron chi connectivity index (χ2n) is 15.3. The third-order valence-corrected chi connectivity index (χ3v) is 18.7. The van der Waals surface area contributed by atoms with Gasteiger partial charge in [-0.05, 0) is 72.4 Å². The van der Waals surface area contributed by atoms with Crippen LogP contribution in [0.5, 0.6) is 35.3 Å². The first-order chi connectivity index (χ1) is 30.8. The Labute approximate surface area is 365 Å². The quantitative estimate of drug-likeness (QED) is 0.0713. The monoisotopic (exact) mass is 897 g/mol. The average Bonchev–Trinajstić information content (AvgIpc) is 3.31. The number of benzene rings is 6. The van der Waals surface area contributed by atoms with Gasteiger partial charge in [-0.1, -0.05) is 109 Å². The second kappa shape index (κ2) is 17.2. The largest absolute Gasteiger partial charge is 0.463 e. The van der Waals surface area contributed by atoms with Crippen molar-refractivity contribution < 1.29 is 41.5 Å². The molecule has 3 unspecified atom stereocenters. The Morgan fingerprint density at radius 3 is 0.905 bits per heavy atom. The molecule has 1 aromatic heterocycles. The predicted octanol–water partition coefficient (Wildman–Crippen LogP) is 10.2. The molecule has 0 saturated heterocycles. The van der Waals surface area contributed by atoms with Crippen molar-refractivity contribution in [1.82, 2.24) is 15.0 Å². The zero-order valence-corrected chi connectivity index (χ0v) is 36.8. The van der Waals surface area contributed by atoms with Crippen molar-refractivity contribution in [3.05, 3.63) is 146 Å². The number of hydrogen-bond donors (Lipinski definition) is 0. The van der Waals surface area contributed by atoms with E-state index in [0.717, 1.165) is 33.4 Å². The molecule has 3 aliphatic heterocycles. The number of ether oxygens (including phenoxy) is 3. The van der Waals surface area contributed by atoms with Crippen LogP contribution in [0.3, 0.4) is 0 Å². The van der Waals surface area contributed by atoms with Crippen LogP contribution in [0.25, 0.3) is 33.4 Å². The molecule has 0 amide bonds. The summed E-state index contributed by atoms with van der Waals surface area (Å²) in [7, 11) is -9.82. The molecule has 10 rings (SSSR count). The van der Waals surface area contributed by atoms with Crippen LogP contribution in [0, 0.1) is 0 Å². The van der Waals surface area contributed by atoms with Gasteiger partial charge in [0.25, 0.3) is 22.1 Å². The second-order valence-corrected chi connectivity index (χ2v) is 22.7. The van der Waals surface area contributed by atoms with Crippen LogP contribution in [-0.2, 0) is 13.7 Å². The number of hydrogen-bond acceptors (Lipinski definition) is 12. The average molecular weight is 898 g/mol. The summed E-state index contributed by atoms with van der Waals surface area (Å²) in [5.74, 6) is 1.76. The van der Waals surface area contributed by atoms with E-state index in [1.54, 1.807) is 0 Å². The zero-order valence-electron chi connectivity index (χ0n) is 34.1. The number of aromatic nitrogens is 3. The Morgan fingerprint density at radius 1 is 0.349 bits per heavy atom. The van der Waals surface area contributed by atoms with E-state index in [-0.39, 0.29) is 56.3 Å². The van der Waals surface area contributed by atoms with Crippen LogP contribution in [0.15, 0.2) is 146 Å². The summed E-state index contributed by atoms with van der Waals surface area (Å²) in [5.41, 5.74) is 5.41. The van der Waals surface area contributed by atoms with Crippen LogP contribution in [0.1, 0.15) is 19.3 Å². The van der Waals surface area contributed by atoms with Crippen molar-refractivity contribution in [2.75, 3.05) is 38.3 Å². The zero-order chi connectivity index (χ0) is 42.9. The topological polar surface area (TPSA) is 145 Å². The minimum Gasteiger partial charge on any atom is -0.463 e. The predicted molar refractivity (Wildman–Crippen MR) is 244 cm³/mol. The van der Waals surface area contributed by atoms with Crippen molar-refractivity contribution in [3.8, 4) is 68.7 Å². The molecule has 0 radical (unpaired) electrons. The maximum atomic E-state index is 14.3. The van der Waals surface area contributed by atoms with E-state index >= 15 is 0 Å². The normalized spacial score (nSPS) is 19.8. The van der Waals surface area contributed by atoms with Gasteiger partial charge in [-0.25, -0.2) is 0 Å². The van der Waals surface area contributed by atoms with Crippen LogP contribution in [0.2, 0.25) is 0 Å². The fourth-order valence-electron chi connectivity index (χ4n) is 8.25. The van der Waals surface area contributed by atoms with E-state index in [0.29, 0.717) is 52.4 Å². The lowest BCUT2D eigenvalue weighted by atomic mass is 10.0. The first-order valence-electron chi connectivity index (χ1n) is 20.9. The summed E-state index contributed by atoms with van der Waals surface area (Å²) < 4.78 is 79.7. The van der Waals surface area contributed by atoms with Gasteiger partial charge in [0.05, 0.1) is 35.7 Å². The van der Waals surface area contributed by atoms with E-state index in [1.807, 2.05) is 146 Å². The molecule has 15 heteroatoms. The summed E-state index contributed by atoms with van der Waals surface area (Å²) in [6.07, 6.45) is 1.77. The summed E-state index contributed by atoms with van der Waals surface area (Å²) >= 11 is 0. The minimum absolute atomic E-state index is 0.0496. The molecule has 12 nitrogen and oxygen atoms in total. The highest BCUT2D eigenvalue weighted by Gasteiger charge is 2.38. The van der Waals surface area contributed by atoms with Crippen molar-refractivity contribution in [1.29, 1.82) is 0 Å². The van der Waals surface area contributed by atoms with Crippen molar-refractivity contribution in [3.63, 3.8) is 0 Å². The molecule has 3 atom stereocenters. The van der Waals surface area contributed by atoms with Crippen molar-refractivity contribution in [2.24, 2.45) is 0 Å². The summed E-state index contributed by atoms with van der Waals surface area (Å²) in [6, 6.07) is 45.5. The molecule has 3 aliphatic rings. The first-order valence-corrected chi connectivity index (χ1v) is 26.3. The molecular weight excluding hydrogens is 855 g/mol. The SMILES string of the molecule is O=P1(CCCOc2nc(OCCCP3(=O)Oc4ccccc4-c4ccccc43)nc(OCCCP3(=O)Oc4ccccc4-c4ccccc43)n2)Oc2ccccc2-c2ccccc21. The molecule has 0 saturated carbocycles. The number of rotatable bonds is 15. The number of fused-ring (bicyclic) bond motifs is 9. The van der Waals surface area contributed by atoms with Crippen LogP contribution in [0.4, 0.5) is 0 Å². The van der Waals surface area contributed by atoms with Crippen molar-refractivity contribution in [2.45, 2.75) is 19.3 Å². The Kier molecular flexibility index (Phi) is 11.1. The molecule has 63 heavy (non-hydrogen) atoms. The van der Waals surface area contributed by atoms with Gasteiger partial charge in [-0.3, -0.25) is 13.7 Å². The number of nitrogens with zero attached hydrogens (tertiary/aromatic N) is 3. The smallest absolute Gasteiger partial charge is 0.325 e. The third kappa shape index (κ3) is 8.15. The molecule has 4 heterocycles. The van der Waals surface area contributed by atoms with E-state index in [4.69, 9.17) is 27.8 Å². The molecule has 0 N–H and O–H groups in total. The van der Waals surface area contributed by atoms with Gasteiger partial charge in [0, 0.05) is 35.2 Å². The highest BCUT2D eigenvalue weighted by atomic mass is 31.2. The molecule has 318 valence electrons. The van der Waals surface area contributed by atoms with E-state index in [2.05, 4.69) is 15.0 Å². The lowest BCUT2D eigenvalue weighted by molar-refractivity contribution is 0.235. The first kappa shape index (κ1) is 40.9. The Balaban J connectivity index is 0.821. The molecule has 0 bridgehead atoms. The molecule has 0 fully saturated rings. The van der Waals surface area contributed by atoms with Crippen LogP contribution >= 0.6 is 22.1 Å². The Hall–Kier alpha value is -6.18. The van der Waals surface area contributed by atoms with Gasteiger partial charge < -0.3 is 27.8 Å². The fraction of sp³-hybridized carbons (Fsp3) is 0.188. The standard InChI is InChI=1S/C48H42N3O9P3/c52-61(43-25-10-4-19-37(43)34-16-1-7-22-40(34)58-61)31-13-28-55-46-49-47(56-29-14-32-62(53)44-26-11-5-20-38(44)35-17-2-8-23-41(35)59-62)51-48(50-46)57-30-15-33-63(54)45-27-12-6-21-39(45)36-18-3-9-24-42(36)60-63/h1-12,16-27H,13-15,28-33H2. The van der Waals surface area contributed by atoms with Crippen molar-refractivity contribution >= 4 is 38.0 Å². The maximum absolute atomic E-state index is 14.3. The Morgan fingerprint density at radius 2 is 0.603 bits per heavy atom. The van der Waals surface area contributed by atoms with Crippen LogP contribution < -0.4 is 43.7 Å². The highest BCUT2D eigenvalue weighted by Crippen LogP contribution is 2.57. The molecule has 0 aliphatic carbocycles. The highest BCUT2D eigenvalue weighted by molar-refractivity contribution is 7.68. The summed E-state index contributed by atoms with van der Waals surface area (Å²) in [4.78, 5) is 13.2. The minimum atomic E-state index is -3.27. The lowest BCUT2D eigenvalue weighted by Gasteiger charge is -2.28. The summed E-state index contributed by atoms with van der Waals surface area (Å²) in [5, 5.41) is 2.03. The lowest BCUT2D eigenvalue weighted by Crippen LogP contribution is -2.21. The van der Waals surface area contributed by atoms with Gasteiger partial charge in [-0.15, -0.1) is 15.0 Å². The fourth-order valence-corrected chi connectivity index (χ4v) is 15.2. The van der Waals surface area contributed by atoms with Gasteiger partial charge in [0.1, 0.15) is 17.2 Å². The van der Waals surface area contributed by atoms with Gasteiger partial charge in [-0.2, -0.15) is 0 Å². The molecule has 7 aromatic rings. The van der Waals surface area contributed by atoms with Gasteiger partial charge in [0.15, 0.2) is 0 Å². The van der Waals surface area contributed by atoms with E-state index in [9.17, 15) is 13.7 Å². The maximum Gasteiger partial charge on any atom is 0.325 e. The molecule has 0 spiro atoms.